The van der Waals surface area contributed by atoms with E-state index in [4.69, 9.17) is 4.74 Å². The summed E-state index contributed by atoms with van der Waals surface area (Å²) in [7, 11) is -5.50. The fourth-order valence-corrected chi connectivity index (χ4v) is 5.49. The van der Waals surface area contributed by atoms with Gasteiger partial charge in [0.1, 0.15) is 0 Å². The largest absolute Gasteiger partial charge is 1.00 e. The number of rotatable bonds is 20. The Morgan fingerprint density at radius 2 is 1.09 bits per heavy atom. The molecule has 0 aliphatic heterocycles. The first-order valence-corrected chi connectivity index (χ1v) is 13.0. The van der Waals surface area contributed by atoms with E-state index >= 15 is 0 Å². The van der Waals surface area contributed by atoms with Gasteiger partial charge in [-0.2, -0.15) is 8.42 Å². The predicted molar refractivity (Wildman–Crippen MR) is 114 cm³/mol. The van der Waals surface area contributed by atoms with Crippen LogP contribution in [-0.2, 0) is 24.4 Å². The fraction of sp³-hybridized carbons (Fsp3) is 0.909. The van der Waals surface area contributed by atoms with Crippen molar-refractivity contribution >= 4 is 22.1 Å². The van der Waals surface area contributed by atoms with Gasteiger partial charge in [0.15, 0.2) is 0 Å². The summed E-state index contributed by atoms with van der Waals surface area (Å²) >= 11 is 0. The van der Waals surface area contributed by atoms with E-state index in [1.165, 1.54) is 6.92 Å². The summed E-state index contributed by atoms with van der Waals surface area (Å²) < 4.78 is 39.6. The molecule has 0 saturated heterocycles. The van der Waals surface area contributed by atoms with E-state index in [1.807, 2.05) is 0 Å². The number of hydrogen-bond donors (Lipinski definition) is 1. The van der Waals surface area contributed by atoms with Crippen molar-refractivity contribution in [2.75, 3.05) is 6.61 Å². The molecular formula is C22H40Na2O8S. The van der Waals surface area contributed by atoms with Crippen molar-refractivity contribution in [2.24, 2.45) is 5.41 Å². The molecule has 0 radical (unpaired) electrons. The van der Waals surface area contributed by atoms with Gasteiger partial charge in [-0.25, -0.2) is 0 Å². The maximum Gasteiger partial charge on any atom is 1.00 e. The van der Waals surface area contributed by atoms with Crippen molar-refractivity contribution in [3.63, 3.8) is 0 Å². The van der Waals surface area contributed by atoms with Gasteiger partial charge in [0, 0.05) is 6.61 Å². The maximum absolute atomic E-state index is 12.4. The number of hydrogen-bond acceptors (Lipinski definition) is 7. The van der Waals surface area contributed by atoms with Crippen LogP contribution in [0.1, 0.15) is 111 Å². The molecule has 0 saturated carbocycles. The molecule has 0 aliphatic carbocycles. The number of aliphatic carboxylic acids is 2. The zero-order chi connectivity index (χ0) is 24.0. The molecular weight excluding hydrogens is 470 g/mol. The van der Waals surface area contributed by atoms with Crippen molar-refractivity contribution in [2.45, 2.75) is 116 Å². The molecule has 0 rings (SSSR count). The number of ether oxygens (including phenoxy) is 1. The first-order valence-electron chi connectivity index (χ1n) is 11.6. The van der Waals surface area contributed by atoms with Crippen LogP contribution in [0.2, 0.25) is 0 Å². The second-order valence-corrected chi connectivity index (χ2v) is 9.74. The summed E-state index contributed by atoms with van der Waals surface area (Å²) in [4.78, 5) is 21.0. The number of unbranched alkanes of at least 4 members (excludes halogenated alkanes) is 10. The third-order valence-corrected chi connectivity index (χ3v) is 7.32. The molecule has 0 fully saturated rings. The van der Waals surface area contributed by atoms with Crippen LogP contribution in [0.5, 0.6) is 0 Å². The average molecular weight is 511 g/mol. The normalized spacial score (nSPS) is 13.5. The van der Waals surface area contributed by atoms with Gasteiger partial charge in [-0.05, 0) is 19.8 Å². The zero-order valence-corrected chi connectivity index (χ0v) is 26.1. The Morgan fingerprint density at radius 1 is 0.727 bits per heavy atom. The summed E-state index contributed by atoms with van der Waals surface area (Å²) in [6.07, 6.45) is 8.77. The smallest absolute Gasteiger partial charge is 0.549 e. The zero-order valence-electron chi connectivity index (χ0n) is 21.3. The van der Waals surface area contributed by atoms with Crippen LogP contribution in [0.3, 0.4) is 0 Å². The summed E-state index contributed by atoms with van der Waals surface area (Å²) in [6.45, 7) is 5.02. The molecule has 1 N–H and O–H groups in total. The second kappa shape index (κ2) is 19.9. The molecule has 1 atom stereocenters. The van der Waals surface area contributed by atoms with E-state index in [-0.39, 0.29) is 84.8 Å². The quantitative estimate of drug-likeness (QED) is 0.101. The van der Waals surface area contributed by atoms with Crippen LogP contribution in [0.25, 0.3) is 0 Å². The third kappa shape index (κ3) is 11.2. The van der Waals surface area contributed by atoms with Gasteiger partial charge in [0.2, 0.25) is 4.93 Å². The van der Waals surface area contributed by atoms with Crippen LogP contribution < -0.4 is 69.3 Å². The molecule has 11 heteroatoms. The summed E-state index contributed by atoms with van der Waals surface area (Å²) in [5.74, 6) is -4.14. The SMILES string of the molecule is CCCCCCCCC(CCCCCCCC)(C(=O)[O-])C(OCC)(C(=O)[O-])S(=O)(=O)O.[Na+].[Na+]. The maximum atomic E-state index is 12.4. The molecule has 0 spiro atoms. The molecule has 184 valence electrons. The minimum atomic E-state index is -5.50. The van der Waals surface area contributed by atoms with Crippen molar-refractivity contribution in [3.05, 3.63) is 0 Å². The van der Waals surface area contributed by atoms with Crippen LogP contribution in [0.15, 0.2) is 0 Å². The summed E-state index contributed by atoms with van der Waals surface area (Å²) in [5, 5.41) is 24.5. The van der Waals surface area contributed by atoms with Gasteiger partial charge in [0.25, 0.3) is 0 Å². The topological polar surface area (TPSA) is 144 Å². The minimum Gasteiger partial charge on any atom is -0.549 e. The first-order chi connectivity index (χ1) is 14.6. The standard InChI is InChI=1S/C22H42O8S.2Na/c1-4-7-9-11-13-15-17-21(19(23)24,18-16-14-12-10-8-5-2)22(20(25)26,30-6-3)31(27,28)29;;/h4-18H2,1-3H3,(H,23,24)(H,25,26)(H,27,28,29);;/q;2*+1/p-2. The number of carbonyl (C=O) groups excluding carboxylic acids is 2. The molecule has 1 unspecified atom stereocenters. The van der Waals surface area contributed by atoms with Gasteiger partial charge in [-0.1, -0.05) is 90.9 Å². The van der Waals surface area contributed by atoms with E-state index in [2.05, 4.69) is 13.8 Å². The van der Waals surface area contributed by atoms with E-state index in [9.17, 15) is 32.8 Å². The van der Waals surface area contributed by atoms with E-state index in [1.54, 1.807) is 0 Å². The molecule has 0 bridgehead atoms. The van der Waals surface area contributed by atoms with Crippen molar-refractivity contribution in [1.82, 2.24) is 0 Å². The van der Waals surface area contributed by atoms with Gasteiger partial charge < -0.3 is 24.5 Å². The second-order valence-electron chi connectivity index (χ2n) is 8.22. The Morgan fingerprint density at radius 3 is 1.36 bits per heavy atom. The molecule has 0 amide bonds. The van der Waals surface area contributed by atoms with Crippen molar-refractivity contribution in [1.29, 1.82) is 0 Å². The number of carboxylic acids is 2. The van der Waals surface area contributed by atoms with Crippen molar-refractivity contribution in [3.8, 4) is 0 Å². The molecule has 0 aromatic rings. The number of carbonyl (C=O) groups is 2. The van der Waals surface area contributed by atoms with Gasteiger partial charge in [0.05, 0.1) is 17.4 Å². The molecule has 0 aromatic carbocycles. The number of carboxylic acid groups (broad SMARTS) is 2. The molecule has 0 aliphatic rings. The Labute approximate surface area is 244 Å². The van der Waals surface area contributed by atoms with Crippen LogP contribution >= 0.6 is 0 Å². The molecule has 33 heavy (non-hydrogen) atoms. The fourth-order valence-electron chi connectivity index (χ4n) is 4.23. The van der Waals surface area contributed by atoms with Crippen LogP contribution in [-0.4, -0.2) is 36.4 Å². The minimum absolute atomic E-state index is 0. The van der Waals surface area contributed by atoms with Crippen LogP contribution in [0, 0.1) is 5.41 Å². The van der Waals surface area contributed by atoms with E-state index in [0.717, 1.165) is 51.4 Å². The monoisotopic (exact) mass is 510 g/mol. The van der Waals surface area contributed by atoms with E-state index < -0.39 is 39.0 Å². The van der Waals surface area contributed by atoms with Gasteiger partial charge in [-0.15, -0.1) is 0 Å². The summed E-state index contributed by atoms with van der Waals surface area (Å²) in [6, 6.07) is 0. The molecule has 0 aromatic heterocycles. The van der Waals surface area contributed by atoms with E-state index in [0.29, 0.717) is 12.8 Å². The Hall–Kier alpha value is 0.810. The summed E-state index contributed by atoms with van der Waals surface area (Å²) in [5.41, 5.74) is -2.45. The van der Waals surface area contributed by atoms with Gasteiger partial charge in [-0.3, -0.25) is 4.55 Å². The van der Waals surface area contributed by atoms with Crippen molar-refractivity contribution < 1.29 is 96.6 Å². The Kier molecular flexibility index (Phi) is 23.2. The molecule has 8 nitrogen and oxygen atoms in total. The van der Waals surface area contributed by atoms with Crippen LogP contribution in [0.4, 0.5) is 0 Å². The van der Waals surface area contributed by atoms with Gasteiger partial charge >= 0.3 is 69.2 Å². The third-order valence-electron chi connectivity index (χ3n) is 5.91. The Bertz CT molecular complexity index is 626. The Balaban J connectivity index is -0.00000450. The molecule has 0 heterocycles. The predicted octanol–water partition coefficient (Wildman–Crippen LogP) is -3.40. The average Bonchev–Trinajstić information content (AvgIpc) is 2.68. The first kappa shape index (κ1) is 38.3.